The van der Waals surface area contributed by atoms with Gasteiger partial charge in [-0.3, -0.25) is 4.79 Å². The average molecular weight is 656 g/mol. The molecule has 1 unspecified atom stereocenters. The molecule has 2 bridgehead atoms. The lowest BCUT2D eigenvalue weighted by molar-refractivity contribution is 0.0896. The van der Waals surface area contributed by atoms with Crippen molar-refractivity contribution in [3.05, 3.63) is 70.3 Å². The smallest absolute Gasteiger partial charge is 0.419 e. The van der Waals surface area contributed by atoms with Crippen LogP contribution in [-0.4, -0.2) is 54.9 Å². The van der Waals surface area contributed by atoms with Gasteiger partial charge in [0, 0.05) is 42.1 Å². The number of amides is 2. The molecule has 6 rings (SSSR count). The predicted molar refractivity (Wildman–Crippen MR) is 175 cm³/mol. The molecule has 0 radical (unpaired) electrons. The molecule has 2 aliphatic carbocycles. The highest BCUT2D eigenvalue weighted by atomic mass is 35.5. The van der Waals surface area contributed by atoms with Gasteiger partial charge in [0.15, 0.2) is 0 Å². The Balaban J connectivity index is 1.46. The molecule has 2 saturated carbocycles. The molecule has 0 aromatic heterocycles. The maximum atomic E-state index is 13.9. The zero-order chi connectivity index (χ0) is 31.8. The summed E-state index contributed by atoms with van der Waals surface area (Å²) in [7, 11) is -1.69. The second-order valence-corrected chi connectivity index (χ2v) is 15.3. The molecule has 2 fully saturated rings. The Kier molecular flexibility index (Phi) is 8.93. The van der Waals surface area contributed by atoms with Gasteiger partial charge in [0.2, 0.25) is 0 Å². The topological polar surface area (TPSA) is 107 Å². The summed E-state index contributed by atoms with van der Waals surface area (Å²) < 4.78 is 37.7. The number of methoxy groups -OCH3 is 1. The molecule has 2 aromatic rings. The first-order valence-electron chi connectivity index (χ1n) is 15.8. The highest BCUT2D eigenvalue weighted by Crippen LogP contribution is 2.91. The second kappa shape index (κ2) is 12.6. The average Bonchev–Trinajstić information content (AvgIpc) is 3.77. The molecule has 2 amide bonds. The van der Waals surface area contributed by atoms with Crippen molar-refractivity contribution in [1.82, 2.24) is 4.72 Å². The number of fused-ring (bicyclic) bond motifs is 3. The van der Waals surface area contributed by atoms with Gasteiger partial charge in [-0.15, -0.1) is 4.36 Å². The van der Waals surface area contributed by atoms with Crippen molar-refractivity contribution in [2.24, 2.45) is 21.1 Å². The number of nitrogens with zero attached hydrogens (tertiary/aromatic N) is 2. The summed E-state index contributed by atoms with van der Waals surface area (Å²) in [5.41, 5.74) is 3.69. The number of rotatable bonds is 3. The number of nitrogens with one attached hydrogen (secondary N) is 1. The van der Waals surface area contributed by atoms with Crippen molar-refractivity contribution in [3.63, 3.8) is 0 Å². The van der Waals surface area contributed by atoms with Crippen LogP contribution >= 0.6 is 11.6 Å². The standard InChI is InChI=1S/C34H42ClN3O6S/c1-4-43-32(40)37-45(41)17-9-5-6-11-29(42-3)30-33(2)21-34(30,33)22-38-20-25-12-14-26(35)18-23(25)10-7-8-16-44-28-15-13-24(19-27(28)38)31(39)36-45/h6,11-15,18-19,29-30H,4-5,7-10,16-17,20-22H2,1-3H3,(H,36,37,39,40,41)/b11-6+/t29-,30+,33-,34-,45?/m0/s1. The molecule has 5 atom stereocenters. The number of aryl methyl sites for hydroxylation is 1. The summed E-state index contributed by atoms with van der Waals surface area (Å²) in [6, 6.07) is 11.4. The van der Waals surface area contributed by atoms with E-state index in [1.165, 1.54) is 11.1 Å². The number of anilines is 1. The van der Waals surface area contributed by atoms with Gasteiger partial charge >= 0.3 is 6.09 Å². The van der Waals surface area contributed by atoms with Gasteiger partial charge in [-0.2, -0.15) is 0 Å². The van der Waals surface area contributed by atoms with Gasteiger partial charge in [-0.1, -0.05) is 36.7 Å². The third-order valence-corrected chi connectivity index (χ3v) is 12.0. The van der Waals surface area contributed by atoms with Crippen LogP contribution in [0.2, 0.25) is 5.02 Å². The van der Waals surface area contributed by atoms with Crippen LogP contribution in [0.3, 0.4) is 0 Å². The van der Waals surface area contributed by atoms with Crippen LogP contribution in [0.4, 0.5) is 10.5 Å². The minimum absolute atomic E-state index is 0.00411. The number of benzene rings is 2. The molecule has 2 aliphatic heterocycles. The van der Waals surface area contributed by atoms with Gasteiger partial charge < -0.3 is 19.1 Å². The number of ether oxygens (including phenoxy) is 3. The Hall–Kier alpha value is -3.08. The van der Waals surface area contributed by atoms with Crippen molar-refractivity contribution in [1.29, 1.82) is 0 Å². The molecular weight excluding hydrogens is 614 g/mol. The van der Waals surface area contributed by atoms with Gasteiger partial charge in [0.05, 0.1) is 30.8 Å². The van der Waals surface area contributed by atoms with Crippen molar-refractivity contribution in [2.75, 3.05) is 37.5 Å². The van der Waals surface area contributed by atoms with Gasteiger partial charge in [0.25, 0.3) is 5.91 Å². The fourth-order valence-electron chi connectivity index (χ4n) is 7.52. The van der Waals surface area contributed by atoms with Gasteiger partial charge in [0.1, 0.15) is 15.7 Å². The van der Waals surface area contributed by atoms with E-state index in [9.17, 15) is 13.8 Å². The Morgan fingerprint density at radius 2 is 2.04 bits per heavy atom. The molecule has 4 aliphatic rings. The Bertz CT molecular complexity index is 1640. The summed E-state index contributed by atoms with van der Waals surface area (Å²) in [4.78, 5) is 28.3. The van der Waals surface area contributed by atoms with E-state index in [0.29, 0.717) is 42.7 Å². The largest absolute Gasteiger partial charge is 0.491 e. The summed E-state index contributed by atoms with van der Waals surface area (Å²) in [6.07, 6.45) is 8.13. The Labute approximate surface area is 270 Å². The van der Waals surface area contributed by atoms with Crippen molar-refractivity contribution < 1.29 is 28.0 Å². The number of carbonyl (C=O) groups is 2. The van der Waals surface area contributed by atoms with Crippen molar-refractivity contribution in [2.45, 2.75) is 65.0 Å². The fraction of sp³-hybridized carbons (Fsp3) is 0.529. The highest BCUT2D eigenvalue weighted by Gasteiger charge is 2.89. The fourth-order valence-corrected chi connectivity index (χ4v) is 9.20. The number of hydrogen-bond acceptors (Lipinski definition) is 7. The first-order chi connectivity index (χ1) is 21.6. The number of halogens is 1. The summed E-state index contributed by atoms with van der Waals surface area (Å²) in [5.74, 6) is 0.377. The second-order valence-electron chi connectivity index (χ2n) is 12.8. The predicted octanol–water partition coefficient (Wildman–Crippen LogP) is 6.72. The minimum Gasteiger partial charge on any atom is -0.491 e. The van der Waals surface area contributed by atoms with Crippen LogP contribution in [-0.2, 0) is 32.4 Å². The van der Waals surface area contributed by atoms with Crippen molar-refractivity contribution in [3.8, 4) is 5.75 Å². The van der Waals surface area contributed by atoms with Crippen LogP contribution in [0.25, 0.3) is 0 Å². The van der Waals surface area contributed by atoms with Crippen LogP contribution in [0.15, 0.2) is 52.9 Å². The molecule has 2 heterocycles. The maximum absolute atomic E-state index is 13.9. The van der Waals surface area contributed by atoms with E-state index in [1.807, 2.05) is 18.2 Å². The normalized spacial score (nSPS) is 31.8. The Morgan fingerprint density at radius 3 is 2.82 bits per heavy atom. The molecule has 11 heteroatoms. The van der Waals surface area contributed by atoms with Crippen LogP contribution < -0.4 is 14.4 Å². The molecule has 45 heavy (non-hydrogen) atoms. The summed E-state index contributed by atoms with van der Waals surface area (Å²) in [5, 5.41) is 0.716. The van der Waals surface area contributed by atoms with Crippen LogP contribution in [0, 0.1) is 16.7 Å². The van der Waals surface area contributed by atoms with E-state index in [0.717, 1.165) is 37.9 Å². The van der Waals surface area contributed by atoms with Crippen LogP contribution in [0.1, 0.15) is 67.4 Å². The van der Waals surface area contributed by atoms with E-state index in [2.05, 4.69) is 39.1 Å². The van der Waals surface area contributed by atoms with Gasteiger partial charge in [-0.25, -0.2) is 13.7 Å². The zero-order valence-corrected chi connectivity index (χ0v) is 27.8. The molecule has 9 nitrogen and oxygen atoms in total. The molecule has 242 valence electrons. The quantitative estimate of drug-likeness (QED) is 0.366. The number of allylic oxidation sites excluding steroid dienone is 1. The minimum atomic E-state index is -3.45. The number of hydrogen-bond donors (Lipinski definition) is 1. The van der Waals surface area contributed by atoms with E-state index in [1.54, 1.807) is 26.2 Å². The van der Waals surface area contributed by atoms with Crippen LogP contribution in [0.5, 0.6) is 5.75 Å². The monoisotopic (exact) mass is 655 g/mol. The van der Waals surface area contributed by atoms with Gasteiger partial charge in [-0.05, 0) is 92.3 Å². The summed E-state index contributed by atoms with van der Waals surface area (Å²) >= 11 is 6.44. The zero-order valence-electron chi connectivity index (χ0n) is 26.2. The lowest BCUT2D eigenvalue weighted by Crippen LogP contribution is -2.34. The molecule has 1 N–H and O–H groups in total. The third kappa shape index (κ3) is 6.33. The van der Waals surface area contributed by atoms with E-state index < -0.39 is 21.9 Å². The SMILES string of the molecule is CCOC(=O)NS1(=O)=NC(=O)c2ccc3c(c2)N(Cc2ccc(Cl)cc2CCCCO3)C[C@]23C[C@@]2(C)[C@H]3[C@@H](OC)/C=C/CCC1. The maximum Gasteiger partial charge on any atom is 0.419 e. The van der Waals surface area contributed by atoms with Crippen molar-refractivity contribution >= 4 is 39.2 Å². The van der Waals surface area contributed by atoms with E-state index >= 15 is 0 Å². The van der Waals surface area contributed by atoms with E-state index in [4.69, 9.17) is 25.8 Å². The lowest BCUT2D eigenvalue weighted by atomic mass is 9.94. The molecule has 1 spiro atoms. The molecular formula is C34H42ClN3O6S. The molecule has 0 saturated heterocycles. The first kappa shape index (κ1) is 31.9. The highest BCUT2D eigenvalue weighted by molar-refractivity contribution is 7.92. The first-order valence-corrected chi connectivity index (χ1v) is 17.9. The Morgan fingerprint density at radius 1 is 1.20 bits per heavy atom. The number of carbonyl (C=O) groups excluding carboxylic acids is 2. The van der Waals surface area contributed by atoms with E-state index in [-0.39, 0.29) is 34.9 Å². The summed E-state index contributed by atoms with van der Waals surface area (Å²) in [6.45, 7) is 6.01. The third-order valence-electron chi connectivity index (χ3n) is 10.0. The molecule has 2 aromatic carbocycles. The lowest BCUT2D eigenvalue weighted by Gasteiger charge is -2.31.